The molecular formula is C10H20O3. The lowest BCUT2D eigenvalue weighted by molar-refractivity contribution is 0.239. The third-order valence-corrected chi connectivity index (χ3v) is 1.98. The normalized spacial score (nSPS) is 13.8. The number of unbranched alkanes of at least 4 members (excludes halogenated alkanes) is 2. The van der Waals surface area contributed by atoms with Crippen LogP contribution in [-0.2, 0) is 0 Å². The van der Waals surface area contributed by atoms with E-state index < -0.39 is 0 Å². The SMILES string of the molecule is OCC=CC(CO)CCCCCO. The third kappa shape index (κ3) is 7.96. The van der Waals surface area contributed by atoms with Gasteiger partial charge in [-0.3, -0.25) is 0 Å². The van der Waals surface area contributed by atoms with Gasteiger partial charge in [-0.15, -0.1) is 0 Å². The van der Waals surface area contributed by atoms with E-state index in [0.717, 1.165) is 25.7 Å². The lowest BCUT2D eigenvalue weighted by Crippen LogP contribution is -2.02. The van der Waals surface area contributed by atoms with Crippen LogP contribution in [0.5, 0.6) is 0 Å². The van der Waals surface area contributed by atoms with Gasteiger partial charge in [0, 0.05) is 13.2 Å². The first-order valence-electron chi connectivity index (χ1n) is 4.84. The number of rotatable bonds is 8. The molecule has 0 rings (SSSR count). The second kappa shape index (κ2) is 9.71. The van der Waals surface area contributed by atoms with Gasteiger partial charge in [0.2, 0.25) is 0 Å². The van der Waals surface area contributed by atoms with E-state index in [9.17, 15) is 0 Å². The van der Waals surface area contributed by atoms with Crippen LogP contribution in [-0.4, -0.2) is 35.1 Å². The van der Waals surface area contributed by atoms with Gasteiger partial charge in [0.15, 0.2) is 0 Å². The van der Waals surface area contributed by atoms with Crippen LogP contribution in [0.25, 0.3) is 0 Å². The standard InChI is InChI=1S/C10H20O3/c11-7-3-1-2-5-10(9-13)6-4-8-12/h4,6,10-13H,1-3,5,7-9H2. The molecule has 0 aromatic carbocycles. The first-order valence-corrected chi connectivity index (χ1v) is 4.84. The molecule has 0 aliphatic rings. The number of hydrogen-bond donors (Lipinski definition) is 3. The van der Waals surface area contributed by atoms with Gasteiger partial charge >= 0.3 is 0 Å². The Morgan fingerprint density at radius 1 is 1.00 bits per heavy atom. The van der Waals surface area contributed by atoms with E-state index in [0.29, 0.717) is 0 Å². The van der Waals surface area contributed by atoms with Crippen molar-refractivity contribution in [2.75, 3.05) is 19.8 Å². The Morgan fingerprint density at radius 2 is 1.77 bits per heavy atom. The van der Waals surface area contributed by atoms with Crippen LogP contribution >= 0.6 is 0 Å². The maximum Gasteiger partial charge on any atom is 0.0612 e. The largest absolute Gasteiger partial charge is 0.396 e. The van der Waals surface area contributed by atoms with E-state index in [4.69, 9.17) is 15.3 Å². The smallest absolute Gasteiger partial charge is 0.0612 e. The summed E-state index contributed by atoms with van der Waals surface area (Å²) in [5.41, 5.74) is 0. The van der Waals surface area contributed by atoms with Gasteiger partial charge in [-0.25, -0.2) is 0 Å². The summed E-state index contributed by atoms with van der Waals surface area (Å²) < 4.78 is 0. The van der Waals surface area contributed by atoms with Gasteiger partial charge in [0.05, 0.1) is 6.61 Å². The summed E-state index contributed by atoms with van der Waals surface area (Å²) in [6, 6.07) is 0. The van der Waals surface area contributed by atoms with E-state index in [1.165, 1.54) is 0 Å². The van der Waals surface area contributed by atoms with Crippen LogP contribution in [0.4, 0.5) is 0 Å². The summed E-state index contributed by atoms with van der Waals surface area (Å²) in [4.78, 5) is 0. The maximum absolute atomic E-state index is 8.93. The molecule has 0 aromatic heterocycles. The van der Waals surface area contributed by atoms with Crippen molar-refractivity contribution in [1.29, 1.82) is 0 Å². The minimum atomic E-state index is 0.0349. The second-order valence-corrected chi connectivity index (χ2v) is 3.13. The van der Waals surface area contributed by atoms with E-state index in [-0.39, 0.29) is 25.7 Å². The zero-order valence-corrected chi connectivity index (χ0v) is 8.02. The highest BCUT2D eigenvalue weighted by Crippen LogP contribution is 2.10. The van der Waals surface area contributed by atoms with Crippen molar-refractivity contribution in [2.45, 2.75) is 25.7 Å². The summed E-state index contributed by atoms with van der Waals surface area (Å²) >= 11 is 0. The molecule has 3 nitrogen and oxygen atoms in total. The van der Waals surface area contributed by atoms with Crippen molar-refractivity contribution < 1.29 is 15.3 Å². The number of aliphatic hydroxyl groups excluding tert-OH is 3. The van der Waals surface area contributed by atoms with Crippen LogP contribution in [0.2, 0.25) is 0 Å². The van der Waals surface area contributed by atoms with E-state index in [1.807, 2.05) is 6.08 Å². The van der Waals surface area contributed by atoms with Crippen molar-refractivity contribution in [3.63, 3.8) is 0 Å². The van der Waals surface area contributed by atoms with Crippen molar-refractivity contribution in [3.05, 3.63) is 12.2 Å². The van der Waals surface area contributed by atoms with Crippen LogP contribution < -0.4 is 0 Å². The monoisotopic (exact) mass is 188 g/mol. The Labute approximate surface area is 79.7 Å². The minimum Gasteiger partial charge on any atom is -0.396 e. The Balaban J connectivity index is 3.42. The van der Waals surface area contributed by atoms with E-state index >= 15 is 0 Å². The van der Waals surface area contributed by atoms with Crippen molar-refractivity contribution in [1.82, 2.24) is 0 Å². The molecule has 0 aromatic rings. The van der Waals surface area contributed by atoms with Gasteiger partial charge in [-0.05, 0) is 18.8 Å². The Hall–Kier alpha value is -0.380. The lowest BCUT2D eigenvalue weighted by atomic mass is 10.0. The molecule has 78 valence electrons. The zero-order chi connectivity index (χ0) is 9.94. The predicted octanol–water partition coefficient (Wildman–Crippen LogP) is 0.696. The molecule has 1 atom stereocenters. The first-order chi connectivity index (χ1) is 6.35. The molecule has 0 aliphatic heterocycles. The molecule has 0 saturated carbocycles. The van der Waals surface area contributed by atoms with Gasteiger partial charge in [0.1, 0.15) is 0 Å². The molecule has 13 heavy (non-hydrogen) atoms. The molecule has 1 unspecified atom stereocenters. The maximum atomic E-state index is 8.93. The molecule has 0 aliphatic carbocycles. The van der Waals surface area contributed by atoms with Gasteiger partial charge in [-0.2, -0.15) is 0 Å². The summed E-state index contributed by atoms with van der Waals surface area (Å²) in [7, 11) is 0. The average molecular weight is 188 g/mol. The molecule has 0 amide bonds. The highest BCUT2D eigenvalue weighted by atomic mass is 16.3. The molecule has 0 bridgehead atoms. The van der Waals surface area contributed by atoms with Gasteiger partial charge in [-0.1, -0.05) is 25.0 Å². The van der Waals surface area contributed by atoms with Crippen molar-refractivity contribution in [3.8, 4) is 0 Å². The molecule has 3 heteroatoms. The lowest BCUT2D eigenvalue weighted by Gasteiger charge is -2.08. The molecule has 0 fully saturated rings. The van der Waals surface area contributed by atoms with Crippen LogP contribution in [0.1, 0.15) is 25.7 Å². The highest BCUT2D eigenvalue weighted by Gasteiger charge is 2.01. The summed E-state index contributed by atoms with van der Waals surface area (Å²) in [5.74, 6) is 0.158. The van der Waals surface area contributed by atoms with Crippen LogP contribution in [0.3, 0.4) is 0 Å². The molecule has 0 heterocycles. The Morgan fingerprint density at radius 3 is 2.31 bits per heavy atom. The second-order valence-electron chi connectivity index (χ2n) is 3.13. The zero-order valence-electron chi connectivity index (χ0n) is 8.02. The minimum absolute atomic E-state index is 0.0349. The molecular weight excluding hydrogens is 168 g/mol. The topological polar surface area (TPSA) is 60.7 Å². The van der Waals surface area contributed by atoms with Crippen LogP contribution in [0.15, 0.2) is 12.2 Å². The fourth-order valence-corrected chi connectivity index (χ4v) is 1.20. The third-order valence-electron chi connectivity index (χ3n) is 1.98. The van der Waals surface area contributed by atoms with Crippen LogP contribution in [0, 0.1) is 5.92 Å². The average Bonchev–Trinajstić information content (AvgIpc) is 2.17. The number of hydrogen-bond acceptors (Lipinski definition) is 3. The molecule has 0 radical (unpaired) electrons. The van der Waals surface area contributed by atoms with Gasteiger partial charge in [0.25, 0.3) is 0 Å². The summed E-state index contributed by atoms with van der Waals surface area (Å²) in [6.45, 7) is 0.416. The highest BCUT2D eigenvalue weighted by molar-refractivity contribution is 4.87. The molecule has 0 saturated heterocycles. The fourth-order valence-electron chi connectivity index (χ4n) is 1.20. The van der Waals surface area contributed by atoms with Crippen molar-refractivity contribution >= 4 is 0 Å². The summed E-state index contributed by atoms with van der Waals surface area (Å²) in [6.07, 6.45) is 7.28. The molecule has 3 N–H and O–H groups in total. The predicted molar refractivity (Wildman–Crippen MR) is 52.4 cm³/mol. The quantitative estimate of drug-likeness (QED) is 0.388. The van der Waals surface area contributed by atoms with Gasteiger partial charge < -0.3 is 15.3 Å². The Kier molecular flexibility index (Phi) is 9.42. The molecule has 0 spiro atoms. The summed E-state index contributed by atoms with van der Waals surface area (Å²) in [5, 5.41) is 26.0. The van der Waals surface area contributed by atoms with E-state index in [1.54, 1.807) is 6.08 Å². The van der Waals surface area contributed by atoms with Crippen molar-refractivity contribution in [2.24, 2.45) is 5.92 Å². The number of aliphatic hydroxyl groups is 3. The van der Waals surface area contributed by atoms with E-state index in [2.05, 4.69) is 0 Å². The fraction of sp³-hybridized carbons (Fsp3) is 0.800. The Bertz CT molecular complexity index is 123. The first kappa shape index (κ1) is 12.6.